The predicted molar refractivity (Wildman–Crippen MR) is 61.2 cm³/mol. The van der Waals surface area contributed by atoms with Crippen molar-refractivity contribution in [3.05, 3.63) is 22.4 Å². The zero-order valence-electron chi connectivity index (χ0n) is 7.89. The number of aromatic nitrogens is 1. The number of nitrogens with two attached hydrogens (primary N) is 1. The van der Waals surface area contributed by atoms with Crippen molar-refractivity contribution in [2.45, 2.75) is 0 Å². The van der Waals surface area contributed by atoms with Gasteiger partial charge >= 0.3 is 5.97 Å². The molecule has 78 valence electrons. The standard InChI is InChI=1S/C9H8N2O2S2/c1-13-8(12)7-6(11-9(10)15-7)5-3-2-4-14-5/h2-4H,1H3,(H2,10,11). The molecule has 2 N–H and O–H groups in total. The fourth-order valence-electron chi connectivity index (χ4n) is 1.15. The van der Waals surface area contributed by atoms with Gasteiger partial charge in [0.1, 0.15) is 10.6 Å². The van der Waals surface area contributed by atoms with Crippen LogP contribution in [0.4, 0.5) is 5.13 Å². The van der Waals surface area contributed by atoms with Gasteiger partial charge in [0.25, 0.3) is 0 Å². The molecule has 0 saturated carbocycles. The van der Waals surface area contributed by atoms with Crippen LogP contribution in [-0.2, 0) is 4.74 Å². The number of nitrogen functional groups attached to an aromatic ring is 1. The number of thiophene rings is 1. The molecule has 15 heavy (non-hydrogen) atoms. The van der Waals surface area contributed by atoms with Crippen molar-refractivity contribution in [2.75, 3.05) is 12.8 Å². The second kappa shape index (κ2) is 4.00. The van der Waals surface area contributed by atoms with E-state index in [2.05, 4.69) is 9.72 Å². The van der Waals surface area contributed by atoms with Crippen molar-refractivity contribution in [3.63, 3.8) is 0 Å². The number of nitrogens with zero attached hydrogens (tertiary/aromatic N) is 1. The SMILES string of the molecule is COC(=O)c1sc(N)nc1-c1cccs1. The van der Waals surface area contributed by atoms with Gasteiger partial charge in [-0.2, -0.15) is 0 Å². The van der Waals surface area contributed by atoms with E-state index in [0.717, 1.165) is 16.2 Å². The summed E-state index contributed by atoms with van der Waals surface area (Å²) in [5, 5.41) is 2.30. The summed E-state index contributed by atoms with van der Waals surface area (Å²) in [5.41, 5.74) is 6.19. The highest BCUT2D eigenvalue weighted by Crippen LogP contribution is 2.32. The first kappa shape index (κ1) is 10.1. The smallest absolute Gasteiger partial charge is 0.350 e. The summed E-state index contributed by atoms with van der Waals surface area (Å²) in [4.78, 5) is 16.9. The van der Waals surface area contributed by atoms with Crippen LogP contribution in [0.5, 0.6) is 0 Å². The Kier molecular flexibility index (Phi) is 2.70. The molecule has 0 atom stereocenters. The Hall–Kier alpha value is -1.40. The van der Waals surface area contributed by atoms with Crippen molar-refractivity contribution in [2.24, 2.45) is 0 Å². The van der Waals surface area contributed by atoms with Crippen LogP contribution in [0.2, 0.25) is 0 Å². The minimum absolute atomic E-state index is 0.374. The third kappa shape index (κ3) is 1.86. The molecule has 0 fully saturated rings. The average molecular weight is 240 g/mol. The Bertz CT molecular complexity index is 476. The van der Waals surface area contributed by atoms with E-state index in [1.54, 1.807) is 0 Å². The molecule has 0 aliphatic carbocycles. The monoisotopic (exact) mass is 240 g/mol. The second-order valence-corrected chi connectivity index (χ2v) is 4.68. The van der Waals surface area contributed by atoms with Crippen LogP contribution in [-0.4, -0.2) is 18.1 Å². The molecule has 0 amide bonds. The average Bonchev–Trinajstić information content (AvgIpc) is 2.84. The fraction of sp³-hybridized carbons (Fsp3) is 0.111. The first-order valence-corrected chi connectivity index (χ1v) is 5.80. The minimum Gasteiger partial charge on any atom is -0.465 e. The number of thiazole rings is 1. The fourth-order valence-corrected chi connectivity index (χ4v) is 2.70. The maximum Gasteiger partial charge on any atom is 0.350 e. The summed E-state index contributed by atoms with van der Waals surface area (Å²) in [6, 6.07) is 3.79. The number of hydrogen-bond acceptors (Lipinski definition) is 6. The molecule has 0 aromatic carbocycles. The molecule has 0 spiro atoms. The molecular weight excluding hydrogens is 232 g/mol. The Morgan fingerprint density at radius 2 is 2.40 bits per heavy atom. The van der Waals surface area contributed by atoms with Gasteiger partial charge in [0.2, 0.25) is 0 Å². The normalized spacial score (nSPS) is 10.2. The third-order valence-electron chi connectivity index (χ3n) is 1.77. The van der Waals surface area contributed by atoms with Gasteiger partial charge in [-0.3, -0.25) is 0 Å². The van der Waals surface area contributed by atoms with Gasteiger partial charge in [-0.05, 0) is 11.4 Å². The predicted octanol–water partition coefficient (Wildman–Crippen LogP) is 2.24. The van der Waals surface area contributed by atoms with Crippen molar-refractivity contribution < 1.29 is 9.53 Å². The van der Waals surface area contributed by atoms with Gasteiger partial charge in [-0.25, -0.2) is 9.78 Å². The van der Waals surface area contributed by atoms with E-state index in [1.165, 1.54) is 18.4 Å². The van der Waals surface area contributed by atoms with Crippen LogP contribution in [0.25, 0.3) is 10.6 Å². The zero-order valence-corrected chi connectivity index (χ0v) is 9.52. The lowest BCUT2D eigenvalue weighted by Gasteiger charge is -1.96. The number of methoxy groups -OCH3 is 1. The highest BCUT2D eigenvalue weighted by atomic mass is 32.1. The summed E-state index contributed by atoms with van der Waals surface area (Å²) < 4.78 is 4.67. The van der Waals surface area contributed by atoms with Crippen LogP contribution in [0.1, 0.15) is 9.67 Å². The van der Waals surface area contributed by atoms with E-state index in [0.29, 0.717) is 15.7 Å². The largest absolute Gasteiger partial charge is 0.465 e. The van der Waals surface area contributed by atoms with Crippen molar-refractivity contribution in [1.82, 2.24) is 4.98 Å². The number of rotatable bonds is 2. The lowest BCUT2D eigenvalue weighted by Crippen LogP contribution is -1.99. The number of ether oxygens (including phenoxy) is 1. The molecule has 0 radical (unpaired) electrons. The maximum absolute atomic E-state index is 11.4. The molecule has 2 aromatic heterocycles. The van der Waals surface area contributed by atoms with E-state index >= 15 is 0 Å². The van der Waals surface area contributed by atoms with Crippen LogP contribution < -0.4 is 5.73 Å². The lowest BCUT2D eigenvalue weighted by atomic mass is 10.3. The highest BCUT2D eigenvalue weighted by molar-refractivity contribution is 7.18. The minimum atomic E-state index is -0.396. The molecule has 0 bridgehead atoms. The molecule has 2 heterocycles. The number of esters is 1. The molecule has 0 unspecified atom stereocenters. The molecule has 0 aliphatic rings. The molecule has 2 aromatic rings. The Morgan fingerprint density at radius 1 is 1.60 bits per heavy atom. The molecule has 4 nitrogen and oxygen atoms in total. The maximum atomic E-state index is 11.4. The van der Waals surface area contributed by atoms with Crippen LogP contribution >= 0.6 is 22.7 Å². The van der Waals surface area contributed by atoms with Gasteiger partial charge < -0.3 is 10.5 Å². The van der Waals surface area contributed by atoms with E-state index < -0.39 is 5.97 Å². The van der Waals surface area contributed by atoms with Gasteiger partial charge in [-0.1, -0.05) is 17.4 Å². The summed E-state index contributed by atoms with van der Waals surface area (Å²) >= 11 is 2.66. The summed E-state index contributed by atoms with van der Waals surface area (Å²) in [7, 11) is 1.34. The van der Waals surface area contributed by atoms with Gasteiger partial charge in [0.05, 0.1) is 12.0 Å². The van der Waals surface area contributed by atoms with E-state index in [-0.39, 0.29) is 0 Å². The van der Waals surface area contributed by atoms with Crippen molar-refractivity contribution >= 4 is 33.8 Å². The third-order valence-corrected chi connectivity index (χ3v) is 3.51. The van der Waals surface area contributed by atoms with Crippen LogP contribution in [0, 0.1) is 0 Å². The highest BCUT2D eigenvalue weighted by Gasteiger charge is 2.19. The quantitative estimate of drug-likeness (QED) is 0.817. The first-order chi connectivity index (χ1) is 7.22. The Labute approximate surface area is 94.3 Å². The molecule has 0 saturated heterocycles. The van der Waals surface area contributed by atoms with E-state index in [4.69, 9.17) is 5.73 Å². The summed E-state index contributed by atoms with van der Waals surface area (Å²) in [6.07, 6.45) is 0. The molecular formula is C9H8N2O2S2. The van der Waals surface area contributed by atoms with Gasteiger partial charge in [0, 0.05) is 0 Å². The summed E-state index contributed by atoms with van der Waals surface area (Å²) in [5.74, 6) is -0.396. The zero-order chi connectivity index (χ0) is 10.8. The molecule has 0 aliphatic heterocycles. The molecule has 6 heteroatoms. The van der Waals surface area contributed by atoms with E-state index in [1.807, 2.05) is 17.5 Å². The Morgan fingerprint density at radius 3 is 3.00 bits per heavy atom. The molecule has 2 rings (SSSR count). The lowest BCUT2D eigenvalue weighted by molar-refractivity contribution is 0.0607. The number of carbonyl (C=O) groups is 1. The number of carbonyl (C=O) groups excluding carboxylic acids is 1. The number of hydrogen-bond donors (Lipinski definition) is 1. The van der Waals surface area contributed by atoms with Crippen LogP contribution in [0.3, 0.4) is 0 Å². The topological polar surface area (TPSA) is 65.2 Å². The van der Waals surface area contributed by atoms with Crippen molar-refractivity contribution in [3.8, 4) is 10.6 Å². The van der Waals surface area contributed by atoms with Gasteiger partial charge in [-0.15, -0.1) is 11.3 Å². The number of anilines is 1. The first-order valence-electron chi connectivity index (χ1n) is 4.11. The second-order valence-electron chi connectivity index (χ2n) is 2.70. The van der Waals surface area contributed by atoms with E-state index in [9.17, 15) is 4.79 Å². The van der Waals surface area contributed by atoms with Crippen molar-refractivity contribution in [1.29, 1.82) is 0 Å². The Balaban J connectivity index is 2.52. The van der Waals surface area contributed by atoms with Crippen LogP contribution in [0.15, 0.2) is 17.5 Å². The van der Waals surface area contributed by atoms with Gasteiger partial charge in [0.15, 0.2) is 5.13 Å². The summed E-state index contributed by atoms with van der Waals surface area (Å²) in [6.45, 7) is 0.